The second-order valence-electron chi connectivity index (χ2n) is 3.96. The van der Waals surface area contributed by atoms with Gasteiger partial charge in [-0.1, -0.05) is 47.6 Å². The summed E-state index contributed by atoms with van der Waals surface area (Å²) in [6.45, 7) is 8.47. The third-order valence-electron chi connectivity index (χ3n) is 2.17. The van der Waals surface area contributed by atoms with E-state index in [0.717, 1.165) is 0 Å². The Bertz CT molecular complexity index is 346. The van der Waals surface area contributed by atoms with Gasteiger partial charge in [0.1, 0.15) is 0 Å². The van der Waals surface area contributed by atoms with Crippen molar-refractivity contribution in [2.24, 2.45) is 0 Å². The van der Waals surface area contributed by atoms with Crippen LogP contribution in [0.25, 0.3) is 5.57 Å². The van der Waals surface area contributed by atoms with Crippen LogP contribution >= 0.6 is 0 Å². The van der Waals surface area contributed by atoms with Gasteiger partial charge in [-0.05, 0) is 38.8 Å². The van der Waals surface area contributed by atoms with Crippen LogP contribution in [0.4, 0.5) is 0 Å². The summed E-state index contributed by atoms with van der Waals surface area (Å²) in [5.74, 6) is 0. The lowest BCUT2D eigenvalue weighted by Gasteiger charge is -2.00. The molecule has 0 amide bonds. The minimum Gasteiger partial charge on any atom is -0.0764 e. The Labute approximate surface area is 87.0 Å². The van der Waals surface area contributed by atoms with Crippen LogP contribution in [0.5, 0.6) is 0 Å². The van der Waals surface area contributed by atoms with Crippen LogP contribution < -0.4 is 0 Å². The molecule has 0 N–H and O–H groups in total. The van der Waals surface area contributed by atoms with Crippen molar-refractivity contribution >= 4 is 5.57 Å². The van der Waals surface area contributed by atoms with Crippen molar-refractivity contribution in [1.82, 2.24) is 0 Å². The molecule has 0 fully saturated rings. The molecular weight excluding hydrogens is 168 g/mol. The molecule has 0 saturated carbocycles. The standard InChI is InChI=1S/C14H18/c1-11(2)5-8-13(4)14-9-6-12(3)7-10-14/h5-10H,1-4H3. The van der Waals surface area contributed by atoms with Gasteiger partial charge >= 0.3 is 0 Å². The lowest BCUT2D eigenvalue weighted by atomic mass is 10.1. The van der Waals surface area contributed by atoms with Crippen LogP contribution in [0.1, 0.15) is 31.9 Å². The van der Waals surface area contributed by atoms with Crippen molar-refractivity contribution in [1.29, 1.82) is 0 Å². The average molecular weight is 186 g/mol. The second kappa shape index (κ2) is 4.80. The van der Waals surface area contributed by atoms with Gasteiger partial charge in [0, 0.05) is 0 Å². The third kappa shape index (κ3) is 3.21. The van der Waals surface area contributed by atoms with E-state index < -0.39 is 0 Å². The Balaban J connectivity index is 2.89. The molecule has 14 heavy (non-hydrogen) atoms. The first-order chi connectivity index (χ1) is 6.59. The maximum atomic E-state index is 2.17. The van der Waals surface area contributed by atoms with Gasteiger partial charge in [0.15, 0.2) is 0 Å². The van der Waals surface area contributed by atoms with E-state index >= 15 is 0 Å². The fraction of sp³-hybridized carbons (Fsp3) is 0.286. The first-order valence-electron chi connectivity index (χ1n) is 4.98. The Morgan fingerprint density at radius 2 is 1.50 bits per heavy atom. The molecule has 74 valence electrons. The van der Waals surface area contributed by atoms with Crippen LogP contribution in [-0.2, 0) is 0 Å². The molecule has 0 spiro atoms. The number of rotatable bonds is 2. The van der Waals surface area contributed by atoms with Crippen molar-refractivity contribution in [3.63, 3.8) is 0 Å². The summed E-state index contributed by atoms with van der Waals surface area (Å²) in [6.07, 6.45) is 4.31. The quantitative estimate of drug-likeness (QED) is 0.602. The zero-order valence-electron chi connectivity index (χ0n) is 9.46. The van der Waals surface area contributed by atoms with Crippen molar-refractivity contribution in [3.05, 3.63) is 53.1 Å². The van der Waals surface area contributed by atoms with Gasteiger partial charge in [0.05, 0.1) is 0 Å². The molecule has 0 heterocycles. The van der Waals surface area contributed by atoms with E-state index in [2.05, 4.69) is 64.1 Å². The molecule has 1 aromatic carbocycles. The first kappa shape index (κ1) is 10.8. The van der Waals surface area contributed by atoms with Gasteiger partial charge in [0.2, 0.25) is 0 Å². The molecule has 0 aromatic heterocycles. The first-order valence-corrected chi connectivity index (χ1v) is 4.98. The largest absolute Gasteiger partial charge is 0.0764 e. The summed E-state index contributed by atoms with van der Waals surface area (Å²) in [4.78, 5) is 0. The molecular formula is C14H18. The van der Waals surface area contributed by atoms with Crippen LogP contribution in [-0.4, -0.2) is 0 Å². The van der Waals surface area contributed by atoms with Crippen LogP contribution in [0.15, 0.2) is 42.0 Å². The van der Waals surface area contributed by atoms with Crippen molar-refractivity contribution < 1.29 is 0 Å². The van der Waals surface area contributed by atoms with Crippen LogP contribution in [0.2, 0.25) is 0 Å². The van der Waals surface area contributed by atoms with Crippen molar-refractivity contribution in [2.45, 2.75) is 27.7 Å². The molecule has 0 nitrogen and oxygen atoms in total. The summed E-state index contributed by atoms with van der Waals surface area (Å²) in [6, 6.07) is 8.63. The Morgan fingerprint density at radius 1 is 0.929 bits per heavy atom. The smallest absolute Gasteiger partial charge is 0.0227 e. The molecule has 1 rings (SSSR count). The zero-order chi connectivity index (χ0) is 10.6. The molecule has 0 bridgehead atoms. The number of hydrogen-bond donors (Lipinski definition) is 0. The Hall–Kier alpha value is -1.30. The maximum Gasteiger partial charge on any atom is -0.0227 e. The lowest BCUT2D eigenvalue weighted by molar-refractivity contribution is 1.39. The molecule has 0 saturated heterocycles. The van der Waals surface area contributed by atoms with E-state index in [0.29, 0.717) is 0 Å². The third-order valence-corrected chi connectivity index (χ3v) is 2.17. The summed E-state index contributed by atoms with van der Waals surface area (Å²) in [5.41, 5.74) is 5.25. The highest BCUT2D eigenvalue weighted by molar-refractivity contribution is 5.65. The molecule has 0 aliphatic heterocycles. The number of allylic oxidation sites excluding steroid dienone is 4. The van der Waals surface area contributed by atoms with E-state index in [9.17, 15) is 0 Å². The van der Waals surface area contributed by atoms with E-state index in [1.54, 1.807) is 0 Å². The molecule has 1 aromatic rings. The summed E-state index contributed by atoms with van der Waals surface area (Å²) in [7, 11) is 0. The van der Waals surface area contributed by atoms with Crippen molar-refractivity contribution in [2.75, 3.05) is 0 Å². The predicted octanol–water partition coefficient (Wildman–Crippen LogP) is 4.36. The normalized spacial score (nSPS) is 11.3. The average Bonchev–Trinajstić information content (AvgIpc) is 2.15. The maximum absolute atomic E-state index is 2.17. The highest BCUT2D eigenvalue weighted by Gasteiger charge is 1.92. The highest BCUT2D eigenvalue weighted by Crippen LogP contribution is 2.14. The van der Waals surface area contributed by atoms with Gasteiger partial charge in [0.25, 0.3) is 0 Å². The summed E-state index contributed by atoms with van der Waals surface area (Å²) >= 11 is 0. The fourth-order valence-electron chi connectivity index (χ4n) is 1.20. The zero-order valence-corrected chi connectivity index (χ0v) is 9.46. The Morgan fingerprint density at radius 3 is 2.00 bits per heavy atom. The molecule has 0 atom stereocenters. The van der Waals surface area contributed by atoms with E-state index in [1.807, 2.05) is 0 Å². The van der Waals surface area contributed by atoms with Gasteiger partial charge < -0.3 is 0 Å². The highest BCUT2D eigenvalue weighted by atomic mass is 14.0. The van der Waals surface area contributed by atoms with E-state index in [-0.39, 0.29) is 0 Å². The Kier molecular flexibility index (Phi) is 3.70. The van der Waals surface area contributed by atoms with E-state index in [4.69, 9.17) is 0 Å². The van der Waals surface area contributed by atoms with Crippen molar-refractivity contribution in [3.8, 4) is 0 Å². The molecule has 0 aliphatic carbocycles. The number of aryl methyl sites for hydroxylation is 1. The summed E-state index contributed by atoms with van der Waals surface area (Å²) in [5, 5.41) is 0. The molecule has 0 heteroatoms. The molecule has 0 aliphatic rings. The van der Waals surface area contributed by atoms with Crippen LogP contribution in [0, 0.1) is 6.92 Å². The monoisotopic (exact) mass is 186 g/mol. The lowest BCUT2D eigenvalue weighted by Crippen LogP contribution is -1.79. The number of benzene rings is 1. The predicted molar refractivity (Wildman–Crippen MR) is 64.3 cm³/mol. The SMILES string of the molecule is CC(C)=CC=C(C)c1ccc(C)cc1. The van der Waals surface area contributed by atoms with Gasteiger partial charge in [-0.3, -0.25) is 0 Å². The molecule has 0 radical (unpaired) electrons. The second-order valence-corrected chi connectivity index (χ2v) is 3.96. The van der Waals surface area contributed by atoms with Gasteiger partial charge in [-0.2, -0.15) is 0 Å². The topological polar surface area (TPSA) is 0 Å². The van der Waals surface area contributed by atoms with Gasteiger partial charge in [-0.25, -0.2) is 0 Å². The van der Waals surface area contributed by atoms with Gasteiger partial charge in [-0.15, -0.1) is 0 Å². The minimum absolute atomic E-state index is 1.30. The molecule has 0 unspecified atom stereocenters. The van der Waals surface area contributed by atoms with Crippen LogP contribution in [0.3, 0.4) is 0 Å². The minimum atomic E-state index is 1.30. The van der Waals surface area contributed by atoms with E-state index in [1.165, 1.54) is 22.3 Å². The summed E-state index contributed by atoms with van der Waals surface area (Å²) < 4.78 is 0. The fourth-order valence-corrected chi connectivity index (χ4v) is 1.20. The number of hydrogen-bond acceptors (Lipinski definition) is 0.